The molecule has 1 atom stereocenters. The molecule has 0 heterocycles. The van der Waals surface area contributed by atoms with Gasteiger partial charge in [-0.25, -0.2) is 0 Å². The third kappa shape index (κ3) is 3.97. The van der Waals surface area contributed by atoms with Crippen LogP contribution in [0.3, 0.4) is 0 Å². The molecule has 0 aromatic carbocycles. The predicted octanol–water partition coefficient (Wildman–Crippen LogP) is 2.58. The average Bonchev–Trinajstić information content (AvgIpc) is 2.19. The molecule has 2 heteroatoms. The summed E-state index contributed by atoms with van der Waals surface area (Å²) >= 11 is 0. The molecule has 1 N–H and O–H groups in total. The quantitative estimate of drug-likeness (QED) is 0.735. The third-order valence-corrected chi connectivity index (χ3v) is 3.36. The topological polar surface area (TPSA) is 21.3 Å². The summed E-state index contributed by atoms with van der Waals surface area (Å²) in [6, 6.07) is 1.24. The lowest BCUT2D eigenvalue weighted by atomic mass is 9.84. The Balaban J connectivity index is 2.15. The molecule has 0 bridgehead atoms. The second-order valence-electron chi connectivity index (χ2n) is 4.65. The van der Waals surface area contributed by atoms with Gasteiger partial charge in [-0.3, -0.25) is 0 Å². The maximum absolute atomic E-state index is 5.12. The minimum atomic E-state index is 0.503. The zero-order chi connectivity index (χ0) is 10.4. The molecule has 0 aromatic heterocycles. The second kappa shape index (κ2) is 6.41. The minimum absolute atomic E-state index is 0.503. The largest absolute Gasteiger partial charge is 0.383 e. The Hall–Kier alpha value is -0.0800. The van der Waals surface area contributed by atoms with Crippen molar-refractivity contribution >= 4 is 0 Å². The fourth-order valence-corrected chi connectivity index (χ4v) is 2.44. The van der Waals surface area contributed by atoms with Gasteiger partial charge in [0.1, 0.15) is 0 Å². The molecular weight excluding hydrogens is 174 g/mol. The van der Waals surface area contributed by atoms with Gasteiger partial charge < -0.3 is 10.1 Å². The number of hydrogen-bond acceptors (Lipinski definition) is 2. The maximum Gasteiger partial charge on any atom is 0.0613 e. The molecule has 1 aliphatic rings. The molecule has 0 aliphatic heterocycles. The predicted molar refractivity (Wildman–Crippen MR) is 60.5 cm³/mol. The summed E-state index contributed by atoms with van der Waals surface area (Å²) in [7, 11) is 1.77. The van der Waals surface area contributed by atoms with Gasteiger partial charge in [0.15, 0.2) is 0 Å². The zero-order valence-corrected chi connectivity index (χ0v) is 9.88. The van der Waals surface area contributed by atoms with Gasteiger partial charge in [-0.2, -0.15) is 0 Å². The summed E-state index contributed by atoms with van der Waals surface area (Å²) in [5.41, 5.74) is 0. The molecule has 1 unspecified atom stereocenters. The van der Waals surface area contributed by atoms with Crippen LogP contribution in [0.15, 0.2) is 0 Å². The van der Waals surface area contributed by atoms with E-state index in [1.54, 1.807) is 7.11 Å². The number of hydrogen-bond donors (Lipinski definition) is 1. The van der Waals surface area contributed by atoms with E-state index in [4.69, 9.17) is 4.74 Å². The fraction of sp³-hybridized carbons (Fsp3) is 1.00. The highest BCUT2D eigenvalue weighted by Crippen LogP contribution is 2.26. The van der Waals surface area contributed by atoms with Crippen LogP contribution in [-0.2, 0) is 4.74 Å². The summed E-state index contributed by atoms with van der Waals surface area (Å²) in [6.07, 6.45) is 6.89. The average molecular weight is 199 g/mol. The zero-order valence-electron chi connectivity index (χ0n) is 9.88. The number of nitrogens with one attached hydrogen (secondary N) is 1. The number of methoxy groups -OCH3 is 1. The van der Waals surface area contributed by atoms with E-state index in [2.05, 4.69) is 19.2 Å². The van der Waals surface area contributed by atoms with E-state index in [9.17, 15) is 0 Å². The third-order valence-electron chi connectivity index (χ3n) is 3.36. The van der Waals surface area contributed by atoms with Crippen LogP contribution in [0.5, 0.6) is 0 Å². The van der Waals surface area contributed by atoms with Crippen LogP contribution in [0.4, 0.5) is 0 Å². The lowest BCUT2D eigenvalue weighted by Gasteiger charge is -2.30. The van der Waals surface area contributed by atoms with E-state index in [0.717, 1.165) is 18.6 Å². The molecule has 0 radical (unpaired) electrons. The van der Waals surface area contributed by atoms with Crippen LogP contribution < -0.4 is 5.32 Å². The van der Waals surface area contributed by atoms with Gasteiger partial charge in [-0.1, -0.05) is 13.3 Å². The second-order valence-corrected chi connectivity index (χ2v) is 4.65. The normalized spacial score (nSPS) is 30.2. The van der Waals surface area contributed by atoms with Gasteiger partial charge in [-0.05, 0) is 38.5 Å². The van der Waals surface area contributed by atoms with Crippen LogP contribution in [0.2, 0.25) is 0 Å². The summed E-state index contributed by atoms with van der Waals surface area (Å²) in [6.45, 7) is 5.34. The van der Waals surface area contributed by atoms with E-state index < -0.39 is 0 Å². The molecule has 0 aromatic rings. The Labute approximate surface area is 88.4 Å². The summed E-state index contributed by atoms with van der Waals surface area (Å²) in [5.74, 6) is 0.991. The first-order valence-corrected chi connectivity index (χ1v) is 6.01. The van der Waals surface area contributed by atoms with Crippen molar-refractivity contribution in [2.24, 2.45) is 5.92 Å². The van der Waals surface area contributed by atoms with Crippen LogP contribution in [0, 0.1) is 5.92 Å². The van der Waals surface area contributed by atoms with Gasteiger partial charge in [0.2, 0.25) is 0 Å². The Kier molecular flexibility index (Phi) is 5.49. The lowest BCUT2D eigenvalue weighted by molar-refractivity contribution is 0.158. The van der Waals surface area contributed by atoms with Gasteiger partial charge in [0, 0.05) is 19.2 Å². The molecule has 0 spiro atoms. The number of rotatable bonds is 5. The molecular formula is C12H25NO. The molecule has 1 fully saturated rings. The summed E-state index contributed by atoms with van der Waals surface area (Å²) in [4.78, 5) is 0. The van der Waals surface area contributed by atoms with Crippen molar-refractivity contribution < 1.29 is 4.74 Å². The first-order valence-electron chi connectivity index (χ1n) is 6.01. The Morgan fingerprint density at radius 2 is 1.93 bits per heavy atom. The first-order chi connectivity index (χ1) is 6.76. The first kappa shape index (κ1) is 12.0. The van der Waals surface area contributed by atoms with E-state index in [1.807, 2.05) is 0 Å². The van der Waals surface area contributed by atoms with E-state index in [1.165, 1.54) is 32.1 Å². The Morgan fingerprint density at radius 1 is 1.29 bits per heavy atom. The monoisotopic (exact) mass is 199 g/mol. The SMILES string of the molecule is CCC1CCC(NC(C)COC)CC1. The van der Waals surface area contributed by atoms with Crippen molar-refractivity contribution in [3.8, 4) is 0 Å². The van der Waals surface area contributed by atoms with Crippen molar-refractivity contribution in [1.82, 2.24) is 5.32 Å². The molecule has 1 saturated carbocycles. The molecule has 0 amide bonds. The van der Waals surface area contributed by atoms with Gasteiger partial charge in [-0.15, -0.1) is 0 Å². The van der Waals surface area contributed by atoms with Crippen LogP contribution in [-0.4, -0.2) is 25.8 Å². The smallest absolute Gasteiger partial charge is 0.0613 e. The lowest BCUT2D eigenvalue weighted by Crippen LogP contribution is -2.41. The van der Waals surface area contributed by atoms with Gasteiger partial charge >= 0.3 is 0 Å². The van der Waals surface area contributed by atoms with Crippen LogP contribution in [0.25, 0.3) is 0 Å². The highest BCUT2D eigenvalue weighted by Gasteiger charge is 2.20. The molecule has 0 saturated heterocycles. The van der Waals surface area contributed by atoms with Crippen LogP contribution >= 0.6 is 0 Å². The molecule has 14 heavy (non-hydrogen) atoms. The highest BCUT2D eigenvalue weighted by molar-refractivity contribution is 4.78. The number of ether oxygens (including phenoxy) is 1. The fourth-order valence-electron chi connectivity index (χ4n) is 2.44. The van der Waals surface area contributed by atoms with E-state index in [0.29, 0.717) is 6.04 Å². The van der Waals surface area contributed by atoms with Crippen molar-refractivity contribution in [3.63, 3.8) is 0 Å². The van der Waals surface area contributed by atoms with Crippen molar-refractivity contribution in [1.29, 1.82) is 0 Å². The molecule has 84 valence electrons. The Bertz CT molecular complexity index is 141. The van der Waals surface area contributed by atoms with Crippen LogP contribution in [0.1, 0.15) is 46.0 Å². The van der Waals surface area contributed by atoms with Gasteiger partial charge in [0.25, 0.3) is 0 Å². The van der Waals surface area contributed by atoms with Crippen molar-refractivity contribution in [3.05, 3.63) is 0 Å². The summed E-state index contributed by atoms with van der Waals surface area (Å²) in [5, 5.41) is 3.64. The van der Waals surface area contributed by atoms with Crippen molar-refractivity contribution in [2.45, 2.75) is 58.0 Å². The van der Waals surface area contributed by atoms with E-state index >= 15 is 0 Å². The Morgan fingerprint density at radius 3 is 2.43 bits per heavy atom. The molecule has 2 nitrogen and oxygen atoms in total. The van der Waals surface area contributed by atoms with E-state index in [-0.39, 0.29) is 0 Å². The summed E-state index contributed by atoms with van der Waals surface area (Å²) < 4.78 is 5.12. The highest BCUT2D eigenvalue weighted by atomic mass is 16.5. The minimum Gasteiger partial charge on any atom is -0.383 e. The van der Waals surface area contributed by atoms with Crippen molar-refractivity contribution in [2.75, 3.05) is 13.7 Å². The molecule has 1 aliphatic carbocycles. The maximum atomic E-state index is 5.12. The van der Waals surface area contributed by atoms with Gasteiger partial charge in [0.05, 0.1) is 6.61 Å². The standard InChI is InChI=1S/C12H25NO/c1-4-11-5-7-12(8-6-11)13-10(2)9-14-3/h10-13H,4-9H2,1-3H3. The molecule has 1 rings (SSSR count).